The van der Waals surface area contributed by atoms with Gasteiger partial charge in [0.25, 0.3) is 5.91 Å². The van der Waals surface area contributed by atoms with Crippen molar-refractivity contribution < 1.29 is 23.5 Å². The van der Waals surface area contributed by atoms with E-state index in [1.54, 1.807) is 4.90 Å². The first kappa shape index (κ1) is 16.7. The summed E-state index contributed by atoms with van der Waals surface area (Å²) in [6.45, 7) is 1.08. The van der Waals surface area contributed by atoms with Crippen molar-refractivity contribution in [1.82, 2.24) is 4.90 Å². The van der Waals surface area contributed by atoms with Crippen LogP contribution in [0.5, 0.6) is 5.75 Å². The fourth-order valence-electron chi connectivity index (χ4n) is 3.74. The number of methoxy groups -OCH3 is 2. The van der Waals surface area contributed by atoms with Gasteiger partial charge in [0.15, 0.2) is 11.6 Å². The fraction of sp³-hybridized carbons (Fsp3) is 0.556. The molecule has 0 saturated heterocycles. The Hall–Kier alpha value is -2.11. The van der Waals surface area contributed by atoms with Gasteiger partial charge >= 0.3 is 5.97 Å². The molecule has 1 heterocycles. The Morgan fingerprint density at radius 3 is 2.58 bits per heavy atom. The number of fused-ring (bicyclic) bond motifs is 1. The first-order chi connectivity index (χ1) is 11.5. The first-order valence-corrected chi connectivity index (χ1v) is 8.27. The lowest BCUT2D eigenvalue weighted by molar-refractivity contribution is -0.146. The Morgan fingerprint density at radius 2 is 1.96 bits per heavy atom. The van der Waals surface area contributed by atoms with E-state index in [0.717, 1.165) is 25.7 Å². The van der Waals surface area contributed by atoms with Crippen LogP contribution >= 0.6 is 0 Å². The molecule has 0 radical (unpaired) electrons. The molecule has 0 unspecified atom stereocenters. The highest BCUT2D eigenvalue weighted by molar-refractivity contribution is 5.98. The molecule has 3 rings (SSSR count). The van der Waals surface area contributed by atoms with Crippen LogP contribution in [0.15, 0.2) is 12.1 Å². The van der Waals surface area contributed by atoms with E-state index in [-0.39, 0.29) is 23.5 Å². The maximum Gasteiger partial charge on any atom is 0.308 e. The smallest absolute Gasteiger partial charge is 0.308 e. The third-order valence-electron chi connectivity index (χ3n) is 5.12. The minimum atomic E-state index is -0.440. The summed E-state index contributed by atoms with van der Waals surface area (Å²) in [5, 5.41) is 0. The van der Waals surface area contributed by atoms with Crippen LogP contribution in [0.25, 0.3) is 0 Å². The van der Waals surface area contributed by atoms with E-state index in [0.29, 0.717) is 30.1 Å². The molecule has 1 fully saturated rings. The van der Waals surface area contributed by atoms with Crippen molar-refractivity contribution in [1.29, 1.82) is 0 Å². The summed E-state index contributed by atoms with van der Waals surface area (Å²) in [5.74, 6) is -0.196. The molecule has 0 atom stereocenters. The highest BCUT2D eigenvalue weighted by atomic mass is 19.1. The second kappa shape index (κ2) is 6.79. The highest BCUT2D eigenvalue weighted by Crippen LogP contribution is 2.34. The summed E-state index contributed by atoms with van der Waals surface area (Å²) in [5.41, 5.74) is 1.23. The number of rotatable bonds is 4. The number of benzene rings is 1. The zero-order valence-corrected chi connectivity index (χ0v) is 14.0. The summed E-state index contributed by atoms with van der Waals surface area (Å²) in [7, 11) is 2.81. The van der Waals surface area contributed by atoms with Gasteiger partial charge in [-0.1, -0.05) is 0 Å². The predicted molar refractivity (Wildman–Crippen MR) is 85.2 cm³/mol. The van der Waals surface area contributed by atoms with Crippen LogP contribution in [0.2, 0.25) is 0 Å². The maximum absolute atomic E-state index is 13.8. The van der Waals surface area contributed by atoms with E-state index < -0.39 is 5.82 Å². The van der Waals surface area contributed by atoms with Crippen molar-refractivity contribution in [2.45, 2.75) is 32.2 Å². The minimum absolute atomic E-state index is 0.0175. The molecule has 0 spiro atoms. The summed E-state index contributed by atoms with van der Waals surface area (Å²) in [6.07, 6.45) is 3.40. The zero-order chi connectivity index (χ0) is 17.3. The molecule has 130 valence electrons. The molecule has 0 aromatic heterocycles. The highest BCUT2D eigenvalue weighted by Gasteiger charge is 2.33. The van der Waals surface area contributed by atoms with Crippen molar-refractivity contribution >= 4 is 11.9 Å². The third-order valence-corrected chi connectivity index (χ3v) is 5.12. The normalized spacial score (nSPS) is 23.1. The third kappa shape index (κ3) is 3.09. The monoisotopic (exact) mass is 335 g/mol. The van der Waals surface area contributed by atoms with Crippen molar-refractivity contribution in [2.75, 3.05) is 20.8 Å². The van der Waals surface area contributed by atoms with E-state index in [2.05, 4.69) is 0 Å². The van der Waals surface area contributed by atoms with E-state index in [9.17, 15) is 14.0 Å². The SMILES string of the molecule is COc1cc2c(cc1F)CN(C[C@H]1CC[C@H](C(=O)OC)CC1)C2=O. The minimum Gasteiger partial charge on any atom is -0.494 e. The molecule has 5 nitrogen and oxygen atoms in total. The summed E-state index contributed by atoms with van der Waals surface area (Å²) < 4.78 is 23.6. The number of amides is 1. The zero-order valence-electron chi connectivity index (χ0n) is 14.0. The lowest BCUT2D eigenvalue weighted by atomic mass is 9.82. The van der Waals surface area contributed by atoms with Crippen LogP contribution in [-0.4, -0.2) is 37.5 Å². The van der Waals surface area contributed by atoms with E-state index >= 15 is 0 Å². The Bertz CT molecular complexity index is 653. The van der Waals surface area contributed by atoms with Crippen LogP contribution in [-0.2, 0) is 16.1 Å². The second-order valence-corrected chi connectivity index (χ2v) is 6.57. The van der Waals surface area contributed by atoms with Crippen molar-refractivity contribution in [3.8, 4) is 5.75 Å². The Kier molecular flexibility index (Phi) is 4.73. The Morgan fingerprint density at radius 1 is 1.25 bits per heavy atom. The van der Waals surface area contributed by atoms with Gasteiger partial charge in [-0.05, 0) is 49.3 Å². The molecule has 24 heavy (non-hydrogen) atoms. The molecule has 6 heteroatoms. The number of halogens is 1. The van der Waals surface area contributed by atoms with Crippen LogP contribution in [0.3, 0.4) is 0 Å². The van der Waals surface area contributed by atoms with Gasteiger partial charge in [0, 0.05) is 18.7 Å². The van der Waals surface area contributed by atoms with Gasteiger partial charge in [-0.3, -0.25) is 9.59 Å². The van der Waals surface area contributed by atoms with Gasteiger partial charge in [-0.2, -0.15) is 0 Å². The quantitative estimate of drug-likeness (QED) is 0.794. The molecule has 2 aliphatic rings. The standard InChI is InChI=1S/C18H22FNO4/c1-23-16-8-14-13(7-15(16)19)10-20(17(14)21)9-11-3-5-12(6-4-11)18(22)24-2/h7-8,11-12H,3-6,9-10H2,1-2H3/t11-,12-. The van der Waals surface area contributed by atoms with E-state index in [4.69, 9.17) is 9.47 Å². The molecule has 0 bridgehead atoms. The average Bonchev–Trinajstić information content (AvgIpc) is 2.89. The molecule has 1 aliphatic heterocycles. The number of carbonyl (C=O) groups is 2. The molecule has 0 N–H and O–H groups in total. The van der Waals surface area contributed by atoms with E-state index in [1.807, 2.05) is 0 Å². The van der Waals surface area contributed by atoms with Gasteiger partial charge in [0.05, 0.1) is 20.1 Å². The molecule has 1 aliphatic carbocycles. The molecular weight excluding hydrogens is 313 g/mol. The molecule has 1 amide bonds. The molecule has 1 aromatic carbocycles. The Balaban J connectivity index is 1.62. The van der Waals surface area contributed by atoms with Gasteiger partial charge in [-0.15, -0.1) is 0 Å². The largest absolute Gasteiger partial charge is 0.494 e. The maximum atomic E-state index is 13.8. The lowest BCUT2D eigenvalue weighted by Crippen LogP contribution is -2.33. The summed E-state index contributed by atoms with van der Waals surface area (Å²) in [4.78, 5) is 25.9. The fourth-order valence-corrected chi connectivity index (χ4v) is 3.74. The van der Waals surface area contributed by atoms with Gasteiger partial charge in [0.2, 0.25) is 0 Å². The van der Waals surface area contributed by atoms with Crippen molar-refractivity contribution in [2.24, 2.45) is 11.8 Å². The Labute approximate surface area is 140 Å². The van der Waals surface area contributed by atoms with Gasteiger partial charge in [0.1, 0.15) is 0 Å². The van der Waals surface area contributed by atoms with Crippen molar-refractivity contribution in [3.05, 3.63) is 29.1 Å². The molecule has 1 saturated carbocycles. The number of hydrogen-bond acceptors (Lipinski definition) is 4. The molecular formula is C18H22FNO4. The number of nitrogens with zero attached hydrogens (tertiary/aromatic N) is 1. The van der Waals surface area contributed by atoms with Gasteiger partial charge < -0.3 is 14.4 Å². The van der Waals surface area contributed by atoms with Crippen LogP contribution in [0.4, 0.5) is 4.39 Å². The second-order valence-electron chi connectivity index (χ2n) is 6.57. The van der Waals surface area contributed by atoms with Crippen LogP contribution < -0.4 is 4.74 Å². The van der Waals surface area contributed by atoms with Crippen LogP contribution in [0, 0.1) is 17.7 Å². The van der Waals surface area contributed by atoms with E-state index in [1.165, 1.54) is 26.4 Å². The number of ether oxygens (including phenoxy) is 2. The van der Waals surface area contributed by atoms with Gasteiger partial charge in [-0.25, -0.2) is 4.39 Å². The number of carbonyl (C=O) groups excluding carboxylic acids is 2. The average molecular weight is 335 g/mol. The van der Waals surface area contributed by atoms with Crippen molar-refractivity contribution in [3.63, 3.8) is 0 Å². The number of esters is 1. The summed E-state index contributed by atoms with van der Waals surface area (Å²) in [6, 6.07) is 2.88. The lowest BCUT2D eigenvalue weighted by Gasteiger charge is -2.30. The number of hydrogen-bond donors (Lipinski definition) is 0. The first-order valence-electron chi connectivity index (χ1n) is 8.27. The predicted octanol–water partition coefficient (Wildman–Crippen LogP) is 2.77. The summed E-state index contributed by atoms with van der Waals surface area (Å²) >= 11 is 0. The molecule has 1 aromatic rings. The van der Waals surface area contributed by atoms with Crippen LogP contribution in [0.1, 0.15) is 41.6 Å². The topological polar surface area (TPSA) is 55.8 Å².